The molecule has 0 aliphatic carbocycles. The zero-order chi connectivity index (χ0) is 19.6. The van der Waals surface area contributed by atoms with Crippen molar-refractivity contribution in [1.82, 2.24) is 9.78 Å². The van der Waals surface area contributed by atoms with Gasteiger partial charge in [-0.05, 0) is 43.3 Å². The molecule has 3 N–H and O–H groups in total. The Labute approximate surface area is 153 Å². The maximum atomic E-state index is 12.7. The van der Waals surface area contributed by atoms with Crippen molar-refractivity contribution in [3.05, 3.63) is 81.3 Å². The first-order valence-corrected chi connectivity index (χ1v) is 7.90. The molecule has 8 nitrogen and oxygen atoms in total. The fourth-order valence-electron chi connectivity index (χ4n) is 2.55. The van der Waals surface area contributed by atoms with E-state index in [0.29, 0.717) is 11.4 Å². The van der Waals surface area contributed by atoms with Crippen LogP contribution in [0.25, 0.3) is 5.69 Å². The second-order valence-corrected chi connectivity index (χ2v) is 5.72. The predicted octanol–water partition coefficient (Wildman–Crippen LogP) is 2.62. The number of aliphatic imine (C=N–C) groups is 1. The van der Waals surface area contributed by atoms with E-state index in [4.69, 9.17) is 5.11 Å². The molecule has 27 heavy (non-hydrogen) atoms. The van der Waals surface area contributed by atoms with Crippen molar-refractivity contribution < 1.29 is 19.8 Å². The average Bonchev–Trinajstić information content (AvgIpc) is 2.94. The predicted molar refractivity (Wildman–Crippen MR) is 98.7 cm³/mol. The zero-order valence-electron chi connectivity index (χ0n) is 14.2. The van der Waals surface area contributed by atoms with Gasteiger partial charge in [-0.3, -0.25) is 14.9 Å². The normalized spacial score (nSPS) is 11.0. The summed E-state index contributed by atoms with van der Waals surface area (Å²) >= 11 is 0. The minimum Gasteiger partial charge on any atom is -0.478 e. The molecular formula is C19H15N3O5. The van der Waals surface area contributed by atoms with Gasteiger partial charge in [0.2, 0.25) is 0 Å². The van der Waals surface area contributed by atoms with Crippen molar-refractivity contribution in [2.45, 2.75) is 6.92 Å². The standard InChI is InChI=1S/C19H15N3O5/c1-11-15(10-20-16-5-3-2-4-14(16)19(26)27)17(23)22(21-11)13-8-6-12(7-9-13)18(24)25/h2-10,21H,1H3,(H,24,25)(H,26,27). The molecular weight excluding hydrogens is 350 g/mol. The third-order valence-corrected chi connectivity index (χ3v) is 3.96. The molecule has 2 aromatic carbocycles. The lowest BCUT2D eigenvalue weighted by atomic mass is 10.2. The number of nitrogens with zero attached hydrogens (tertiary/aromatic N) is 2. The summed E-state index contributed by atoms with van der Waals surface area (Å²) in [5, 5.41) is 21.1. The Bertz CT molecular complexity index is 1110. The maximum Gasteiger partial charge on any atom is 0.337 e. The molecule has 0 aliphatic heterocycles. The summed E-state index contributed by atoms with van der Waals surface area (Å²) in [6, 6.07) is 12.1. The van der Waals surface area contributed by atoms with Crippen LogP contribution in [0.3, 0.4) is 0 Å². The van der Waals surface area contributed by atoms with E-state index < -0.39 is 11.9 Å². The molecule has 0 fully saturated rings. The third-order valence-electron chi connectivity index (χ3n) is 3.96. The summed E-state index contributed by atoms with van der Waals surface area (Å²) in [6.07, 6.45) is 1.32. The number of aromatic amines is 1. The highest BCUT2D eigenvalue weighted by atomic mass is 16.4. The molecule has 1 heterocycles. The number of carboxylic acids is 2. The van der Waals surface area contributed by atoms with E-state index in [9.17, 15) is 19.5 Å². The molecule has 0 aliphatic rings. The van der Waals surface area contributed by atoms with Crippen LogP contribution in [0.5, 0.6) is 0 Å². The Morgan fingerprint density at radius 1 is 1.04 bits per heavy atom. The summed E-state index contributed by atoms with van der Waals surface area (Å²) in [5.74, 6) is -2.16. The lowest BCUT2D eigenvalue weighted by Crippen LogP contribution is -2.17. The number of nitrogens with one attached hydrogen (secondary N) is 1. The Kier molecular flexibility index (Phi) is 4.71. The number of hydrogen-bond donors (Lipinski definition) is 3. The number of carbonyl (C=O) groups is 2. The van der Waals surface area contributed by atoms with Gasteiger partial charge in [0, 0.05) is 11.9 Å². The van der Waals surface area contributed by atoms with E-state index in [1.165, 1.54) is 41.2 Å². The highest BCUT2D eigenvalue weighted by molar-refractivity contribution is 5.95. The Morgan fingerprint density at radius 3 is 2.33 bits per heavy atom. The van der Waals surface area contributed by atoms with E-state index in [0.717, 1.165) is 0 Å². The molecule has 8 heteroatoms. The molecule has 0 amide bonds. The van der Waals surface area contributed by atoms with Crippen molar-refractivity contribution in [3.8, 4) is 5.69 Å². The number of carboxylic acid groups (broad SMARTS) is 2. The number of aryl methyl sites for hydroxylation is 1. The maximum absolute atomic E-state index is 12.7. The van der Waals surface area contributed by atoms with E-state index >= 15 is 0 Å². The molecule has 1 aromatic heterocycles. The average molecular weight is 365 g/mol. The van der Waals surface area contributed by atoms with E-state index in [1.807, 2.05) is 0 Å². The van der Waals surface area contributed by atoms with Gasteiger partial charge in [0.15, 0.2) is 0 Å². The quantitative estimate of drug-likeness (QED) is 0.600. The number of aromatic nitrogens is 2. The molecule has 3 aromatic rings. The summed E-state index contributed by atoms with van der Waals surface area (Å²) in [6.45, 7) is 1.69. The summed E-state index contributed by atoms with van der Waals surface area (Å²) in [5.41, 5.74) is 1.29. The number of para-hydroxylation sites is 1. The summed E-state index contributed by atoms with van der Waals surface area (Å²) in [7, 11) is 0. The number of H-pyrrole nitrogens is 1. The van der Waals surface area contributed by atoms with Crippen LogP contribution in [0.1, 0.15) is 32.0 Å². The first-order valence-electron chi connectivity index (χ1n) is 7.90. The van der Waals surface area contributed by atoms with Crippen LogP contribution in [-0.4, -0.2) is 38.1 Å². The van der Waals surface area contributed by atoms with Crippen LogP contribution in [-0.2, 0) is 0 Å². The van der Waals surface area contributed by atoms with Crippen molar-refractivity contribution in [3.63, 3.8) is 0 Å². The van der Waals surface area contributed by atoms with E-state index in [1.54, 1.807) is 25.1 Å². The number of rotatable bonds is 5. The SMILES string of the molecule is Cc1[nH]n(-c2ccc(C(=O)O)cc2)c(=O)c1C=Nc1ccccc1C(=O)O. The lowest BCUT2D eigenvalue weighted by molar-refractivity contribution is 0.0686. The minimum absolute atomic E-state index is 0.0338. The highest BCUT2D eigenvalue weighted by Crippen LogP contribution is 2.18. The largest absolute Gasteiger partial charge is 0.478 e. The van der Waals surface area contributed by atoms with Crippen LogP contribution >= 0.6 is 0 Å². The minimum atomic E-state index is -1.11. The topological polar surface area (TPSA) is 125 Å². The fourth-order valence-corrected chi connectivity index (χ4v) is 2.55. The van der Waals surface area contributed by atoms with E-state index in [-0.39, 0.29) is 27.9 Å². The van der Waals surface area contributed by atoms with Crippen molar-refractivity contribution in [2.75, 3.05) is 0 Å². The molecule has 0 bridgehead atoms. The molecule has 0 unspecified atom stereocenters. The molecule has 3 rings (SSSR count). The second-order valence-electron chi connectivity index (χ2n) is 5.72. The van der Waals surface area contributed by atoms with Gasteiger partial charge in [0.05, 0.1) is 28.1 Å². The van der Waals surface area contributed by atoms with Crippen molar-refractivity contribution in [1.29, 1.82) is 0 Å². The van der Waals surface area contributed by atoms with Gasteiger partial charge in [0.1, 0.15) is 0 Å². The summed E-state index contributed by atoms with van der Waals surface area (Å²) < 4.78 is 1.27. The number of hydrogen-bond acceptors (Lipinski definition) is 4. The number of aromatic carboxylic acids is 2. The molecule has 0 spiro atoms. The Morgan fingerprint density at radius 2 is 1.70 bits per heavy atom. The first kappa shape index (κ1) is 17.9. The molecule has 0 saturated heterocycles. The molecule has 0 radical (unpaired) electrons. The van der Waals surface area contributed by atoms with Gasteiger partial charge in [-0.25, -0.2) is 14.3 Å². The zero-order valence-corrected chi connectivity index (χ0v) is 14.2. The lowest BCUT2D eigenvalue weighted by Gasteiger charge is -2.01. The van der Waals surface area contributed by atoms with Crippen LogP contribution in [0.2, 0.25) is 0 Å². The smallest absolute Gasteiger partial charge is 0.337 e. The first-order chi connectivity index (χ1) is 12.9. The van der Waals surface area contributed by atoms with E-state index in [2.05, 4.69) is 10.1 Å². The molecule has 0 atom stereocenters. The van der Waals surface area contributed by atoms with Gasteiger partial charge >= 0.3 is 11.9 Å². The Hall–Kier alpha value is -3.94. The van der Waals surface area contributed by atoms with Crippen LogP contribution in [0.15, 0.2) is 58.3 Å². The highest BCUT2D eigenvalue weighted by Gasteiger charge is 2.13. The number of benzene rings is 2. The second kappa shape index (κ2) is 7.12. The Balaban J connectivity index is 1.99. The van der Waals surface area contributed by atoms with Gasteiger partial charge in [0.25, 0.3) is 5.56 Å². The van der Waals surface area contributed by atoms with Crippen molar-refractivity contribution >= 4 is 23.8 Å². The monoisotopic (exact) mass is 365 g/mol. The van der Waals surface area contributed by atoms with Gasteiger partial charge in [-0.2, -0.15) is 0 Å². The van der Waals surface area contributed by atoms with Crippen molar-refractivity contribution in [2.24, 2.45) is 4.99 Å². The van der Waals surface area contributed by atoms with Gasteiger partial charge < -0.3 is 10.2 Å². The van der Waals surface area contributed by atoms with Gasteiger partial charge in [-0.15, -0.1) is 0 Å². The van der Waals surface area contributed by atoms with Crippen LogP contribution in [0, 0.1) is 6.92 Å². The molecule has 0 saturated carbocycles. The third kappa shape index (κ3) is 3.54. The fraction of sp³-hybridized carbons (Fsp3) is 0.0526. The van der Waals surface area contributed by atoms with Gasteiger partial charge in [-0.1, -0.05) is 12.1 Å². The van der Waals surface area contributed by atoms with Crippen LogP contribution < -0.4 is 5.56 Å². The summed E-state index contributed by atoms with van der Waals surface area (Å²) in [4.78, 5) is 39.0. The molecule has 136 valence electrons. The van der Waals surface area contributed by atoms with Crippen LogP contribution in [0.4, 0.5) is 5.69 Å².